The first kappa shape index (κ1) is 20.2. The second-order valence-corrected chi connectivity index (χ2v) is 7.97. The van der Waals surface area contributed by atoms with Gasteiger partial charge in [0.25, 0.3) is 5.91 Å². The third-order valence-electron chi connectivity index (χ3n) is 4.02. The molecule has 5 nitrogen and oxygen atoms in total. The van der Waals surface area contributed by atoms with Crippen molar-refractivity contribution in [2.75, 3.05) is 25.5 Å². The van der Waals surface area contributed by atoms with Crippen LogP contribution < -0.4 is 10.2 Å². The number of nitrogens with one attached hydrogen (secondary N) is 1. The van der Waals surface area contributed by atoms with Crippen molar-refractivity contribution in [1.82, 2.24) is 15.3 Å². The van der Waals surface area contributed by atoms with Gasteiger partial charge in [0, 0.05) is 43.2 Å². The van der Waals surface area contributed by atoms with Gasteiger partial charge in [-0.25, -0.2) is 9.97 Å². The zero-order chi connectivity index (χ0) is 19.3. The van der Waals surface area contributed by atoms with Gasteiger partial charge in [-0.05, 0) is 37.5 Å². The largest absolute Gasteiger partial charge is 0.362 e. The average molecular weight is 373 g/mol. The van der Waals surface area contributed by atoms with Gasteiger partial charge in [0.1, 0.15) is 5.82 Å². The van der Waals surface area contributed by atoms with E-state index in [1.165, 1.54) is 0 Å². The second kappa shape index (κ2) is 9.03. The molecular formula is C20H28N4OS. The van der Waals surface area contributed by atoms with Crippen LogP contribution in [-0.2, 0) is 5.75 Å². The van der Waals surface area contributed by atoms with E-state index >= 15 is 0 Å². The SMILES string of the molecule is Cc1nc(SCc2ccc(C(=O)NCC(C)C)cc2)nc(N(C)C)c1C. The molecule has 0 saturated carbocycles. The summed E-state index contributed by atoms with van der Waals surface area (Å²) in [6, 6.07) is 7.73. The number of aromatic nitrogens is 2. The fraction of sp³-hybridized carbons (Fsp3) is 0.450. The van der Waals surface area contributed by atoms with Crippen LogP contribution in [0.5, 0.6) is 0 Å². The lowest BCUT2D eigenvalue weighted by atomic mass is 10.1. The topological polar surface area (TPSA) is 58.1 Å². The summed E-state index contributed by atoms with van der Waals surface area (Å²) in [6.07, 6.45) is 0. The highest BCUT2D eigenvalue weighted by atomic mass is 32.2. The van der Waals surface area contributed by atoms with Crippen LogP contribution in [0.3, 0.4) is 0 Å². The fourth-order valence-electron chi connectivity index (χ4n) is 2.39. The molecule has 26 heavy (non-hydrogen) atoms. The standard InChI is InChI=1S/C20H28N4OS/c1-13(2)11-21-19(25)17-9-7-16(8-10-17)12-26-20-22-15(4)14(3)18(23-20)24(5)6/h7-10,13H,11-12H2,1-6H3,(H,21,25). The van der Waals surface area contributed by atoms with Crippen molar-refractivity contribution in [2.45, 2.75) is 38.6 Å². The zero-order valence-corrected chi connectivity index (χ0v) is 17.3. The third-order valence-corrected chi connectivity index (χ3v) is 4.94. The molecule has 0 aliphatic heterocycles. The molecule has 0 unspecified atom stereocenters. The molecule has 0 fully saturated rings. The predicted octanol–water partition coefficient (Wildman–Crippen LogP) is 3.84. The van der Waals surface area contributed by atoms with Crippen molar-refractivity contribution in [2.24, 2.45) is 5.92 Å². The normalized spacial score (nSPS) is 10.9. The van der Waals surface area contributed by atoms with E-state index in [-0.39, 0.29) is 5.91 Å². The van der Waals surface area contributed by atoms with Crippen LogP contribution in [0.4, 0.5) is 5.82 Å². The minimum Gasteiger partial charge on any atom is -0.362 e. The molecule has 1 amide bonds. The van der Waals surface area contributed by atoms with Crippen LogP contribution in [0.15, 0.2) is 29.4 Å². The van der Waals surface area contributed by atoms with Gasteiger partial charge in [-0.1, -0.05) is 37.7 Å². The van der Waals surface area contributed by atoms with Crippen LogP contribution >= 0.6 is 11.8 Å². The Hall–Kier alpha value is -2.08. The maximum absolute atomic E-state index is 12.1. The number of carbonyl (C=O) groups is 1. The molecule has 2 aromatic rings. The van der Waals surface area contributed by atoms with Crippen LogP contribution in [0.2, 0.25) is 0 Å². The van der Waals surface area contributed by atoms with E-state index in [0.29, 0.717) is 18.0 Å². The van der Waals surface area contributed by atoms with Crippen LogP contribution in [0, 0.1) is 19.8 Å². The Balaban J connectivity index is 2.01. The molecule has 0 saturated heterocycles. The Kier molecular flexibility index (Phi) is 7.03. The van der Waals surface area contributed by atoms with Crippen molar-refractivity contribution >= 4 is 23.5 Å². The molecule has 0 aliphatic rings. The van der Waals surface area contributed by atoms with Crippen molar-refractivity contribution in [3.05, 3.63) is 46.6 Å². The van der Waals surface area contributed by atoms with Crippen LogP contribution in [0.25, 0.3) is 0 Å². The Labute approximate surface area is 160 Å². The zero-order valence-electron chi connectivity index (χ0n) is 16.5. The molecule has 0 spiro atoms. The summed E-state index contributed by atoms with van der Waals surface area (Å²) < 4.78 is 0. The number of anilines is 1. The lowest BCUT2D eigenvalue weighted by Gasteiger charge is -2.16. The van der Waals surface area contributed by atoms with Crippen molar-refractivity contribution in [3.8, 4) is 0 Å². The number of thioether (sulfide) groups is 1. The van der Waals surface area contributed by atoms with Gasteiger partial charge in [0.15, 0.2) is 5.16 Å². The quantitative estimate of drug-likeness (QED) is 0.591. The van der Waals surface area contributed by atoms with E-state index in [2.05, 4.69) is 29.1 Å². The van der Waals surface area contributed by atoms with E-state index in [0.717, 1.165) is 33.5 Å². The van der Waals surface area contributed by atoms with Gasteiger partial charge in [0.05, 0.1) is 0 Å². The molecule has 1 aromatic heterocycles. The Morgan fingerprint density at radius 2 is 1.81 bits per heavy atom. The smallest absolute Gasteiger partial charge is 0.251 e. The lowest BCUT2D eigenvalue weighted by Crippen LogP contribution is -2.27. The molecule has 0 atom stereocenters. The van der Waals surface area contributed by atoms with Gasteiger partial charge in [-0.2, -0.15) is 0 Å². The number of amides is 1. The van der Waals surface area contributed by atoms with Gasteiger partial charge in [-0.15, -0.1) is 0 Å². The summed E-state index contributed by atoms with van der Waals surface area (Å²) in [7, 11) is 3.98. The molecule has 2 rings (SSSR count). The Bertz CT molecular complexity index is 757. The number of aryl methyl sites for hydroxylation is 1. The highest BCUT2D eigenvalue weighted by Gasteiger charge is 2.11. The van der Waals surface area contributed by atoms with Gasteiger partial charge in [0.2, 0.25) is 0 Å². The van der Waals surface area contributed by atoms with Crippen molar-refractivity contribution in [3.63, 3.8) is 0 Å². The van der Waals surface area contributed by atoms with Gasteiger partial charge < -0.3 is 10.2 Å². The maximum Gasteiger partial charge on any atom is 0.251 e. The second-order valence-electron chi connectivity index (χ2n) is 7.02. The molecule has 140 valence electrons. The third kappa shape index (κ3) is 5.46. The van der Waals surface area contributed by atoms with Crippen molar-refractivity contribution < 1.29 is 4.79 Å². The Morgan fingerprint density at radius 3 is 2.38 bits per heavy atom. The average Bonchev–Trinajstić information content (AvgIpc) is 2.60. The molecular weight excluding hydrogens is 344 g/mol. The maximum atomic E-state index is 12.1. The van der Waals surface area contributed by atoms with E-state index < -0.39 is 0 Å². The van der Waals surface area contributed by atoms with Gasteiger partial charge in [-0.3, -0.25) is 4.79 Å². The number of carbonyl (C=O) groups excluding carboxylic acids is 1. The molecule has 1 N–H and O–H groups in total. The summed E-state index contributed by atoms with van der Waals surface area (Å²) in [5.74, 6) is 2.14. The highest BCUT2D eigenvalue weighted by Crippen LogP contribution is 2.25. The lowest BCUT2D eigenvalue weighted by molar-refractivity contribution is 0.0949. The molecule has 0 aliphatic carbocycles. The summed E-state index contributed by atoms with van der Waals surface area (Å²) in [5.41, 5.74) is 3.94. The molecule has 1 heterocycles. The molecule has 0 radical (unpaired) electrons. The predicted molar refractivity (Wildman–Crippen MR) is 109 cm³/mol. The summed E-state index contributed by atoms with van der Waals surface area (Å²) in [6.45, 7) is 8.91. The highest BCUT2D eigenvalue weighted by molar-refractivity contribution is 7.98. The number of hydrogen-bond donors (Lipinski definition) is 1. The number of rotatable bonds is 7. The summed E-state index contributed by atoms with van der Waals surface area (Å²) >= 11 is 1.61. The molecule has 1 aromatic carbocycles. The van der Waals surface area contributed by atoms with Crippen LogP contribution in [0.1, 0.15) is 41.0 Å². The fourth-order valence-corrected chi connectivity index (χ4v) is 3.23. The minimum absolute atomic E-state index is 0.0222. The van der Waals surface area contributed by atoms with Gasteiger partial charge >= 0.3 is 0 Å². The summed E-state index contributed by atoms with van der Waals surface area (Å²) in [4.78, 5) is 23.3. The van der Waals surface area contributed by atoms with E-state index in [4.69, 9.17) is 0 Å². The molecule has 6 heteroatoms. The van der Waals surface area contributed by atoms with Crippen LogP contribution in [-0.4, -0.2) is 36.5 Å². The molecule has 0 bridgehead atoms. The van der Waals surface area contributed by atoms with E-state index in [1.807, 2.05) is 57.1 Å². The first-order chi connectivity index (χ1) is 12.3. The first-order valence-corrected chi connectivity index (χ1v) is 9.79. The Morgan fingerprint density at radius 1 is 1.15 bits per heavy atom. The van der Waals surface area contributed by atoms with Crippen molar-refractivity contribution in [1.29, 1.82) is 0 Å². The number of nitrogens with zero attached hydrogens (tertiary/aromatic N) is 3. The summed E-state index contributed by atoms with van der Waals surface area (Å²) in [5, 5.41) is 3.71. The number of hydrogen-bond acceptors (Lipinski definition) is 5. The first-order valence-electron chi connectivity index (χ1n) is 8.80. The number of benzene rings is 1. The minimum atomic E-state index is -0.0222. The monoisotopic (exact) mass is 372 g/mol. The van der Waals surface area contributed by atoms with E-state index in [9.17, 15) is 4.79 Å². The van der Waals surface area contributed by atoms with E-state index in [1.54, 1.807) is 11.8 Å².